The summed E-state index contributed by atoms with van der Waals surface area (Å²) >= 11 is 0. The number of rotatable bonds is 2. The molecule has 4 aliphatic rings. The van der Waals surface area contributed by atoms with Crippen LogP contribution >= 0.6 is 0 Å². The molecule has 1 aromatic rings. The zero-order valence-corrected chi connectivity index (χ0v) is 12.0. The van der Waals surface area contributed by atoms with Crippen LogP contribution in [0.3, 0.4) is 0 Å². The highest BCUT2D eigenvalue weighted by molar-refractivity contribution is 5.43. The Kier molecular flexibility index (Phi) is 2.21. The van der Waals surface area contributed by atoms with E-state index in [-0.39, 0.29) is 5.41 Å². The summed E-state index contributed by atoms with van der Waals surface area (Å²) in [5, 5.41) is 4.41. The molecule has 4 fully saturated rings. The van der Waals surface area contributed by atoms with Crippen LogP contribution in [-0.2, 0) is 11.8 Å². The van der Waals surface area contributed by atoms with Crippen molar-refractivity contribution >= 4 is 5.88 Å². The quantitative estimate of drug-likeness (QED) is 0.882. The fourth-order valence-corrected chi connectivity index (χ4v) is 6.08. The van der Waals surface area contributed by atoms with Crippen LogP contribution < -0.4 is 5.73 Å². The van der Waals surface area contributed by atoms with E-state index in [4.69, 9.17) is 10.3 Å². The van der Waals surface area contributed by atoms with Gasteiger partial charge < -0.3 is 10.3 Å². The van der Waals surface area contributed by atoms with E-state index in [0.717, 1.165) is 18.3 Å². The Labute approximate surface area is 114 Å². The van der Waals surface area contributed by atoms with E-state index in [1.54, 1.807) is 0 Å². The number of anilines is 1. The van der Waals surface area contributed by atoms with E-state index in [1.165, 1.54) is 49.8 Å². The molecule has 0 radical (unpaired) electrons. The molecule has 2 N–H and O–H groups in total. The zero-order valence-electron chi connectivity index (χ0n) is 12.0. The minimum Gasteiger partial charge on any atom is -0.367 e. The van der Waals surface area contributed by atoms with Crippen LogP contribution in [0, 0.1) is 17.3 Å². The first kappa shape index (κ1) is 11.8. The van der Waals surface area contributed by atoms with Gasteiger partial charge in [-0.3, -0.25) is 0 Å². The molecule has 5 rings (SSSR count). The predicted molar refractivity (Wildman–Crippen MR) is 74.8 cm³/mol. The molecule has 4 bridgehead atoms. The first-order chi connectivity index (χ1) is 9.04. The van der Waals surface area contributed by atoms with Gasteiger partial charge in [-0.15, -0.1) is 0 Å². The topological polar surface area (TPSA) is 52.0 Å². The summed E-state index contributed by atoms with van der Waals surface area (Å²) in [6.45, 7) is 4.66. The minimum atomic E-state index is 0.283. The van der Waals surface area contributed by atoms with Gasteiger partial charge in [-0.1, -0.05) is 19.0 Å². The molecule has 2 unspecified atom stereocenters. The molecule has 3 nitrogen and oxygen atoms in total. The maximum atomic E-state index is 5.97. The molecular weight excluding hydrogens is 236 g/mol. The lowest BCUT2D eigenvalue weighted by atomic mass is 9.44. The molecule has 104 valence electrons. The third-order valence-corrected chi connectivity index (χ3v) is 6.03. The molecule has 3 heteroatoms. The highest BCUT2D eigenvalue weighted by atomic mass is 16.5. The molecule has 1 heterocycles. The minimum absolute atomic E-state index is 0.283. The second kappa shape index (κ2) is 3.56. The average molecular weight is 260 g/mol. The molecule has 0 aromatic carbocycles. The number of aromatic nitrogens is 1. The standard InChI is InChI=1S/C16H24N2O/c1-3-12-13(18-19-14(12)17)16-7-10-4-11(8-16)6-15(2,5-10)9-16/h10-11H,3-9,17H2,1-2H3. The smallest absolute Gasteiger partial charge is 0.225 e. The third kappa shape index (κ3) is 1.53. The first-order valence-corrected chi connectivity index (χ1v) is 7.78. The summed E-state index contributed by atoms with van der Waals surface area (Å²) < 4.78 is 5.34. The van der Waals surface area contributed by atoms with Gasteiger partial charge in [-0.05, 0) is 62.2 Å². The number of hydrogen-bond donors (Lipinski definition) is 1. The van der Waals surface area contributed by atoms with E-state index in [2.05, 4.69) is 19.0 Å². The summed E-state index contributed by atoms with van der Waals surface area (Å²) in [6.07, 6.45) is 9.19. The van der Waals surface area contributed by atoms with Crippen molar-refractivity contribution in [3.63, 3.8) is 0 Å². The Hall–Kier alpha value is -0.990. The Morgan fingerprint density at radius 2 is 1.95 bits per heavy atom. The van der Waals surface area contributed by atoms with Crippen molar-refractivity contribution in [2.45, 2.75) is 64.2 Å². The monoisotopic (exact) mass is 260 g/mol. The lowest BCUT2D eigenvalue weighted by Crippen LogP contribution is -2.53. The number of nitrogens with two attached hydrogens (primary N) is 1. The van der Waals surface area contributed by atoms with E-state index >= 15 is 0 Å². The molecule has 4 saturated carbocycles. The summed E-state index contributed by atoms with van der Waals surface area (Å²) in [5.41, 5.74) is 9.20. The number of hydrogen-bond acceptors (Lipinski definition) is 3. The van der Waals surface area contributed by atoms with Crippen LogP contribution in [0.15, 0.2) is 4.52 Å². The van der Waals surface area contributed by atoms with Crippen molar-refractivity contribution in [1.29, 1.82) is 0 Å². The summed E-state index contributed by atoms with van der Waals surface area (Å²) in [7, 11) is 0. The Morgan fingerprint density at radius 3 is 2.53 bits per heavy atom. The normalized spacial score (nSPS) is 43.9. The van der Waals surface area contributed by atoms with Crippen molar-refractivity contribution in [3.8, 4) is 0 Å². The summed E-state index contributed by atoms with van der Waals surface area (Å²) in [6, 6.07) is 0. The van der Waals surface area contributed by atoms with E-state index in [0.29, 0.717) is 11.3 Å². The van der Waals surface area contributed by atoms with Gasteiger partial charge in [0.05, 0.1) is 5.69 Å². The molecule has 2 atom stereocenters. The van der Waals surface area contributed by atoms with Crippen molar-refractivity contribution in [1.82, 2.24) is 5.16 Å². The molecule has 0 aliphatic heterocycles. The zero-order chi connectivity index (χ0) is 13.3. The Balaban J connectivity index is 1.81. The first-order valence-electron chi connectivity index (χ1n) is 7.78. The van der Waals surface area contributed by atoms with E-state index in [9.17, 15) is 0 Å². The second-order valence-corrected chi connectivity index (χ2v) is 7.78. The highest BCUT2D eigenvalue weighted by Gasteiger charge is 2.57. The molecule has 0 spiro atoms. The lowest BCUT2D eigenvalue weighted by Gasteiger charge is -2.60. The molecular formula is C16H24N2O. The van der Waals surface area contributed by atoms with Crippen LogP contribution in [-0.4, -0.2) is 5.16 Å². The van der Waals surface area contributed by atoms with Crippen molar-refractivity contribution in [2.24, 2.45) is 17.3 Å². The molecule has 0 amide bonds. The van der Waals surface area contributed by atoms with Crippen molar-refractivity contribution in [3.05, 3.63) is 11.3 Å². The van der Waals surface area contributed by atoms with Gasteiger partial charge in [0.25, 0.3) is 0 Å². The van der Waals surface area contributed by atoms with Gasteiger partial charge >= 0.3 is 0 Å². The molecule has 0 saturated heterocycles. The Bertz CT molecular complexity index is 505. The van der Waals surface area contributed by atoms with E-state index < -0.39 is 0 Å². The largest absolute Gasteiger partial charge is 0.367 e. The van der Waals surface area contributed by atoms with Gasteiger partial charge in [0.1, 0.15) is 0 Å². The summed E-state index contributed by atoms with van der Waals surface area (Å²) in [5.74, 6) is 2.38. The SMILES string of the molecule is CCc1c(C23CC4CC(CC(C)(C4)C2)C3)noc1N. The van der Waals surface area contributed by atoms with Crippen LogP contribution in [0.1, 0.15) is 63.6 Å². The number of nitrogen functional groups attached to an aromatic ring is 1. The van der Waals surface area contributed by atoms with Gasteiger partial charge in [0, 0.05) is 11.0 Å². The molecule has 19 heavy (non-hydrogen) atoms. The van der Waals surface area contributed by atoms with Gasteiger partial charge in [0.15, 0.2) is 0 Å². The van der Waals surface area contributed by atoms with Crippen LogP contribution in [0.25, 0.3) is 0 Å². The van der Waals surface area contributed by atoms with Crippen molar-refractivity contribution < 1.29 is 4.52 Å². The summed E-state index contributed by atoms with van der Waals surface area (Å²) in [4.78, 5) is 0. The average Bonchev–Trinajstić information content (AvgIpc) is 2.67. The van der Waals surface area contributed by atoms with Crippen LogP contribution in [0.5, 0.6) is 0 Å². The van der Waals surface area contributed by atoms with Crippen LogP contribution in [0.4, 0.5) is 5.88 Å². The highest BCUT2D eigenvalue weighted by Crippen LogP contribution is 2.65. The number of nitrogens with zero attached hydrogens (tertiary/aromatic N) is 1. The van der Waals surface area contributed by atoms with Gasteiger partial charge in [-0.2, -0.15) is 0 Å². The Morgan fingerprint density at radius 1 is 1.26 bits per heavy atom. The molecule has 1 aromatic heterocycles. The maximum absolute atomic E-state index is 5.97. The lowest BCUT2D eigenvalue weighted by molar-refractivity contribution is -0.0642. The second-order valence-electron chi connectivity index (χ2n) is 7.78. The predicted octanol–water partition coefficient (Wildman–Crippen LogP) is 3.68. The fraction of sp³-hybridized carbons (Fsp3) is 0.812. The van der Waals surface area contributed by atoms with E-state index in [1.807, 2.05) is 0 Å². The van der Waals surface area contributed by atoms with Gasteiger partial charge in [-0.25, -0.2) is 0 Å². The van der Waals surface area contributed by atoms with Crippen molar-refractivity contribution in [2.75, 3.05) is 5.73 Å². The van der Waals surface area contributed by atoms with Crippen LogP contribution in [0.2, 0.25) is 0 Å². The maximum Gasteiger partial charge on any atom is 0.225 e. The van der Waals surface area contributed by atoms with Gasteiger partial charge in [0.2, 0.25) is 5.88 Å². The fourth-order valence-electron chi connectivity index (χ4n) is 6.08. The third-order valence-electron chi connectivity index (χ3n) is 6.03. The molecule has 4 aliphatic carbocycles.